The lowest BCUT2D eigenvalue weighted by molar-refractivity contribution is -0.128. The molecule has 5 nitrogen and oxygen atoms in total. The number of fused-ring (bicyclic) bond motifs is 1. The molecular weight excluding hydrogens is 304 g/mol. The van der Waals surface area contributed by atoms with Crippen LogP contribution < -0.4 is 14.8 Å². The lowest BCUT2D eigenvalue weighted by Gasteiger charge is -2.34. The van der Waals surface area contributed by atoms with Crippen LogP contribution in [0.15, 0.2) is 29.8 Å². The minimum Gasteiger partial charge on any atom is -0.486 e. The van der Waals surface area contributed by atoms with E-state index in [0.29, 0.717) is 13.2 Å². The van der Waals surface area contributed by atoms with E-state index < -0.39 is 0 Å². The van der Waals surface area contributed by atoms with Crippen molar-refractivity contribution in [1.82, 2.24) is 4.90 Å². The van der Waals surface area contributed by atoms with Crippen LogP contribution in [0.5, 0.6) is 11.5 Å². The van der Waals surface area contributed by atoms with E-state index in [1.807, 2.05) is 23.1 Å². The first-order valence-electron chi connectivity index (χ1n) is 8.94. The number of ether oxygens (including phenoxy) is 2. The van der Waals surface area contributed by atoms with Crippen molar-refractivity contribution in [3.05, 3.63) is 29.8 Å². The Balaban J connectivity index is 1.40. The molecule has 128 valence electrons. The van der Waals surface area contributed by atoms with Gasteiger partial charge in [0, 0.05) is 36.5 Å². The number of hydrogen-bond acceptors (Lipinski definition) is 4. The number of hydrogen-bond donors (Lipinski definition) is 1. The summed E-state index contributed by atoms with van der Waals surface area (Å²) in [5.41, 5.74) is 2.04. The van der Waals surface area contributed by atoms with E-state index in [0.717, 1.165) is 68.0 Å². The van der Waals surface area contributed by atoms with Gasteiger partial charge in [-0.3, -0.25) is 4.79 Å². The molecule has 0 unspecified atom stereocenters. The van der Waals surface area contributed by atoms with Gasteiger partial charge in [0.2, 0.25) is 5.91 Å². The Morgan fingerprint density at radius 2 is 2.04 bits per heavy atom. The lowest BCUT2D eigenvalue weighted by Crippen LogP contribution is -2.45. The Labute approximate surface area is 142 Å². The molecule has 1 amide bonds. The van der Waals surface area contributed by atoms with Crippen LogP contribution in [-0.2, 0) is 4.79 Å². The average Bonchev–Trinajstić information content (AvgIpc) is 3.16. The number of benzene rings is 1. The second kappa shape index (κ2) is 6.75. The highest BCUT2D eigenvalue weighted by Crippen LogP contribution is 2.33. The first-order chi connectivity index (χ1) is 11.8. The lowest BCUT2D eigenvalue weighted by atomic mass is 10.0. The van der Waals surface area contributed by atoms with Gasteiger partial charge in [0.1, 0.15) is 13.2 Å². The minimum atomic E-state index is 0.237. The van der Waals surface area contributed by atoms with E-state index >= 15 is 0 Å². The number of likely N-dealkylation sites (tertiary alicyclic amines) is 1. The maximum Gasteiger partial charge on any atom is 0.249 e. The Bertz CT molecular complexity index is 656. The van der Waals surface area contributed by atoms with Gasteiger partial charge in [0.05, 0.1) is 0 Å². The first kappa shape index (κ1) is 15.4. The fraction of sp³-hybridized carbons (Fsp3) is 0.526. The van der Waals surface area contributed by atoms with Gasteiger partial charge in [0.15, 0.2) is 11.5 Å². The predicted molar refractivity (Wildman–Crippen MR) is 92.6 cm³/mol. The van der Waals surface area contributed by atoms with Gasteiger partial charge < -0.3 is 19.7 Å². The van der Waals surface area contributed by atoms with Crippen LogP contribution in [0.4, 0.5) is 5.69 Å². The number of piperidine rings is 1. The van der Waals surface area contributed by atoms with E-state index in [2.05, 4.69) is 11.4 Å². The molecular formula is C19H24N2O3. The van der Waals surface area contributed by atoms with Crippen LogP contribution >= 0.6 is 0 Å². The number of carbonyl (C=O) groups excluding carboxylic acids is 1. The topological polar surface area (TPSA) is 50.8 Å². The molecule has 2 aliphatic heterocycles. The maximum absolute atomic E-state index is 12.6. The van der Waals surface area contributed by atoms with Crippen molar-refractivity contribution in [2.75, 3.05) is 31.6 Å². The predicted octanol–water partition coefficient (Wildman–Crippen LogP) is 2.97. The molecule has 0 aromatic heterocycles. The van der Waals surface area contributed by atoms with Crippen LogP contribution in [0.2, 0.25) is 0 Å². The molecule has 4 rings (SSSR count). The van der Waals surface area contributed by atoms with Crippen molar-refractivity contribution in [2.45, 2.75) is 38.1 Å². The smallest absolute Gasteiger partial charge is 0.249 e. The number of rotatable bonds is 3. The number of nitrogens with zero attached hydrogens (tertiary/aromatic N) is 1. The molecule has 3 aliphatic rings. The SMILES string of the molecule is O=C(C1=CCCC1)N1CCC[C@H](Nc2ccc3c(c2)OCCO3)C1. The van der Waals surface area contributed by atoms with Crippen molar-refractivity contribution < 1.29 is 14.3 Å². The molecule has 1 aliphatic carbocycles. The third kappa shape index (κ3) is 3.21. The van der Waals surface area contributed by atoms with Gasteiger partial charge in [-0.2, -0.15) is 0 Å². The zero-order valence-electron chi connectivity index (χ0n) is 13.9. The summed E-state index contributed by atoms with van der Waals surface area (Å²) in [4.78, 5) is 14.6. The number of carbonyl (C=O) groups is 1. The Hall–Kier alpha value is -2.17. The average molecular weight is 328 g/mol. The maximum atomic E-state index is 12.6. The van der Waals surface area contributed by atoms with E-state index in [-0.39, 0.29) is 11.9 Å². The normalized spacial score (nSPS) is 22.9. The highest BCUT2D eigenvalue weighted by molar-refractivity contribution is 5.93. The molecule has 1 fully saturated rings. The van der Waals surface area contributed by atoms with E-state index in [4.69, 9.17) is 9.47 Å². The van der Waals surface area contributed by atoms with E-state index in [1.165, 1.54) is 0 Å². The van der Waals surface area contributed by atoms with Crippen molar-refractivity contribution in [2.24, 2.45) is 0 Å². The van der Waals surface area contributed by atoms with Crippen molar-refractivity contribution in [1.29, 1.82) is 0 Å². The van der Waals surface area contributed by atoms with Gasteiger partial charge in [-0.05, 0) is 44.2 Å². The summed E-state index contributed by atoms with van der Waals surface area (Å²) in [5.74, 6) is 1.84. The largest absolute Gasteiger partial charge is 0.486 e. The summed E-state index contributed by atoms with van der Waals surface area (Å²) in [6, 6.07) is 6.25. The highest BCUT2D eigenvalue weighted by atomic mass is 16.6. The second-order valence-electron chi connectivity index (χ2n) is 6.71. The van der Waals surface area contributed by atoms with E-state index in [1.54, 1.807) is 0 Å². The molecule has 0 radical (unpaired) electrons. The van der Waals surface area contributed by atoms with Crippen LogP contribution in [0.3, 0.4) is 0 Å². The van der Waals surface area contributed by atoms with Gasteiger partial charge in [-0.15, -0.1) is 0 Å². The third-order valence-electron chi connectivity index (χ3n) is 4.94. The molecule has 1 atom stereocenters. The van der Waals surface area contributed by atoms with Crippen LogP contribution in [0.1, 0.15) is 32.1 Å². The van der Waals surface area contributed by atoms with Gasteiger partial charge in [-0.25, -0.2) is 0 Å². The molecule has 24 heavy (non-hydrogen) atoms. The van der Waals surface area contributed by atoms with Gasteiger partial charge >= 0.3 is 0 Å². The highest BCUT2D eigenvalue weighted by Gasteiger charge is 2.26. The minimum absolute atomic E-state index is 0.237. The number of nitrogens with one attached hydrogen (secondary N) is 1. The summed E-state index contributed by atoms with van der Waals surface area (Å²) >= 11 is 0. The summed E-state index contributed by atoms with van der Waals surface area (Å²) in [6.07, 6.45) is 7.34. The second-order valence-corrected chi connectivity index (χ2v) is 6.71. The molecule has 2 heterocycles. The monoisotopic (exact) mass is 328 g/mol. The van der Waals surface area contributed by atoms with Crippen LogP contribution in [0, 0.1) is 0 Å². The molecule has 0 spiro atoms. The zero-order chi connectivity index (χ0) is 16.4. The Kier molecular flexibility index (Phi) is 4.32. The van der Waals surface area contributed by atoms with Crippen molar-refractivity contribution >= 4 is 11.6 Å². The molecule has 0 saturated carbocycles. The fourth-order valence-corrected chi connectivity index (χ4v) is 3.72. The van der Waals surface area contributed by atoms with Crippen LogP contribution in [-0.4, -0.2) is 43.2 Å². The van der Waals surface area contributed by atoms with Crippen LogP contribution in [0.25, 0.3) is 0 Å². The molecule has 1 N–H and O–H groups in total. The summed E-state index contributed by atoms with van der Waals surface area (Å²) in [6.45, 7) is 2.84. The quantitative estimate of drug-likeness (QED) is 0.927. The Morgan fingerprint density at radius 3 is 2.88 bits per heavy atom. The third-order valence-corrected chi connectivity index (χ3v) is 4.94. The molecule has 1 saturated heterocycles. The number of amides is 1. The number of allylic oxidation sites excluding steroid dienone is 1. The Morgan fingerprint density at radius 1 is 1.17 bits per heavy atom. The fourth-order valence-electron chi connectivity index (χ4n) is 3.72. The summed E-state index contributed by atoms with van der Waals surface area (Å²) in [7, 11) is 0. The molecule has 1 aromatic carbocycles. The first-order valence-corrected chi connectivity index (χ1v) is 8.94. The molecule has 5 heteroatoms. The standard InChI is InChI=1S/C19H24N2O3/c22-19(14-4-1-2-5-14)21-9-3-6-16(13-21)20-15-7-8-17-18(12-15)24-11-10-23-17/h4,7-8,12,16,20H,1-3,5-6,9-11,13H2/t16-/m0/s1. The molecule has 0 bridgehead atoms. The van der Waals surface area contributed by atoms with Crippen molar-refractivity contribution in [3.63, 3.8) is 0 Å². The number of anilines is 1. The zero-order valence-corrected chi connectivity index (χ0v) is 13.9. The summed E-state index contributed by atoms with van der Waals surface area (Å²) < 4.78 is 11.2. The summed E-state index contributed by atoms with van der Waals surface area (Å²) in [5, 5.41) is 3.56. The van der Waals surface area contributed by atoms with Gasteiger partial charge in [0.25, 0.3) is 0 Å². The van der Waals surface area contributed by atoms with Crippen molar-refractivity contribution in [3.8, 4) is 11.5 Å². The van der Waals surface area contributed by atoms with E-state index in [9.17, 15) is 4.79 Å². The molecule has 1 aromatic rings. The van der Waals surface area contributed by atoms with Gasteiger partial charge in [-0.1, -0.05) is 6.08 Å².